The van der Waals surface area contributed by atoms with Crippen LogP contribution < -0.4 is 0 Å². The van der Waals surface area contributed by atoms with Gasteiger partial charge in [0.15, 0.2) is 5.82 Å². The summed E-state index contributed by atoms with van der Waals surface area (Å²) in [6.45, 7) is 0. The molecular weight excluding hydrogens is 705 g/mol. The molecule has 12 aromatic rings. The molecule has 58 heavy (non-hydrogen) atoms. The maximum Gasteiger partial charge on any atom is 0.165 e. The lowest BCUT2D eigenvalue weighted by Gasteiger charge is -2.14. The first-order valence-corrected chi connectivity index (χ1v) is 19.7. The van der Waals surface area contributed by atoms with Crippen LogP contribution in [0, 0.1) is 0 Å². The first kappa shape index (κ1) is 32.4. The van der Waals surface area contributed by atoms with Crippen LogP contribution in [0.5, 0.6) is 0 Å². The highest BCUT2D eigenvalue weighted by Gasteiger charge is 2.21. The van der Waals surface area contributed by atoms with E-state index in [0.29, 0.717) is 0 Å². The van der Waals surface area contributed by atoms with Gasteiger partial charge in [-0.25, -0.2) is 9.97 Å². The maximum atomic E-state index is 5.39. The summed E-state index contributed by atoms with van der Waals surface area (Å²) in [5, 5.41) is 7.36. The van der Waals surface area contributed by atoms with E-state index < -0.39 is 0 Å². The molecule has 0 saturated carbocycles. The predicted octanol–water partition coefficient (Wildman–Crippen LogP) is 14.0. The minimum absolute atomic E-state index is 0.810. The Balaban J connectivity index is 1.08. The first-order valence-electron chi connectivity index (χ1n) is 19.7. The SMILES string of the molecule is c1ccc(-c2cccc(-c3nc4ccccc4nc3-n3c4ccccc4c4cc(-c5ccc6c(c5)c5c7ccccc7ccc5n6-c5ccccc5)ccc43)c2)cc1. The van der Waals surface area contributed by atoms with E-state index in [9.17, 15) is 0 Å². The van der Waals surface area contributed by atoms with Crippen molar-refractivity contribution in [2.45, 2.75) is 0 Å². The lowest BCUT2D eigenvalue weighted by molar-refractivity contribution is 1.08. The molecular formula is C54H34N4. The van der Waals surface area contributed by atoms with Crippen molar-refractivity contribution in [2.75, 3.05) is 0 Å². The fourth-order valence-corrected chi connectivity index (χ4v) is 9.02. The number of para-hydroxylation sites is 4. The van der Waals surface area contributed by atoms with Gasteiger partial charge in [0.05, 0.1) is 33.1 Å². The molecule has 0 atom stereocenters. The van der Waals surface area contributed by atoms with Gasteiger partial charge in [-0.3, -0.25) is 4.57 Å². The Morgan fingerprint density at radius 2 is 0.879 bits per heavy atom. The zero-order chi connectivity index (χ0) is 38.2. The molecule has 3 heterocycles. The molecule has 270 valence electrons. The third-order valence-electron chi connectivity index (χ3n) is 11.7. The fraction of sp³-hybridized carbons (Fsp3) is 0. The molecule has 0 saturated heterocycles. The van der Waals surface area contributed by atoms with Crippen LogP contribution in [0.1, 0.15) is 0 Å². The maximum absolute atomic E-state index is 5.39. The second kappa shape index (κ2) is 12.9. The molecule has 0 unspecified atom stereocenters. The molecule has 0 bridgehead atoms. The molecule has 0 amide bonds. The molecule has 0 fully saturated rings. The van der Waals surface area contributed by atoms with Crippen molar-refractivity contribution < 1.29 is 0 Å². The van der Waals surface area contributed by atoms with Crippen molar-refractivity contribution in [3.8, 4) is 45.0 Å². The number of aromatic nitrogens is 4. The topological polar surface area (TPSA) is 35.6 Å². The summed E-state index contributed by atoms with van der Waals surface area (Å²) in [5.41, 5.74) is 14.0. The zero-order valence-electron chi connectivity index (χ0n) is 31.4. The summed E-state index contributed by atoms with van der Waals surface area (Å²) >= 11 is 0. The summed E-state index contributed by atoms with van der Waals surface area (Å²) < 4.78 is 4.71. The number of hydrogen-bond acceptors (Lipinski definition) is 2. The van der Waals surface area contributed by atoms with Gasteiger partial charge in [0.1, 0.15) is 5.69 Å². The Morgan fingerprint density at radius 1 is 0.310 bits per heavy atom. The molecule has 9 aromatic carbocycles. The molecule has 4 heteroatoms. The van der Waals surface area contributed by atoms with Crippen LogP contribution in [0.4, 0.5) is 0 Å². The van der Waals surface area contributed by atoms with Crippen LogP contribution in [0.25, 0.3) is 110 Å². The number of nitrogens with zero attached hydrogens (tertiary/aromatic N) is 4. The average Bonchev–Trinajstić information content (AvgIpc) is 3.81. The van der Waals surface area contributed by atoms with Crippen molar-refractivity contribution in [3.05, 3.63) is 206 Å². The van der Waals surface area contributed by atoms with Gasteiger partial charge in [0.25, 0.3) is 0 Å². The third-order valence-corrected chi connectivity index (χ3v) is 11.7. The van der Waals surface area contributed by atoms with E-state index in [2.05, 4.69) is 197 Å². The molecule has 3 aromatic heterocycles. The molecule has 12 rings (SSSR count). The van der Waals surface area contributed by atoms with Gasteiger partial charge in [0, 0.05) is 32.8 Å². The second-order valence-corrected chi connectivity index (χ2v) is 15.0. The van der Waals surface area contributed by atoms with Crippen LogP contribution >= 0.6 is 0 Å². The van der Waals surface area contributed by atoms with Gasteiger partial charge >= 0.3 is 0 Å². The Kier molecular flexibility index (Phi) is 7.20. The summed E-state index contributed by atoms with van der Waals surface area (Å²) in [4.78, 5) is 10.7. The van der Waals surface area contributed by atoms with E-state index in [-0.39, 0.29) is 0 Å². The van der Waals surface area contributed by atoms with E-state index in [0.717, 1.165) is 50.4 Å². The molecule has 4 nitrogen and oxygen atoms in total. The van der Waals surface area contributed by atoms with E-state index >= 15 is 0 Å². The van der Waals surface area contributed by atoms with Gasteiger partial charge in [0.2, 0.25) is 0 Å². The Bertz CT molecular complexity index is 3560. The molecule has 0 spiro atoms. The minimum atomic E-state index is 0.810. The van der Waals surface area contributed by atoms with Crippen molar-refractivity contribution in [1.29, 1.82) is 0 Å². The number of benzene rings is 9. The summed E-state index contributed by atoms with van der Waals surface area (Å²) in [6.07, 6.45) is 0. The highest BCUT2D eigenvalue weighted by atomic mass is 15.1. The first-order chi connectivity index (χ1) is 28.8. The van der Waals surface area contributed by atoms with Crippen molar-refractivity contribution >= 4 is 65.4 Å². The van der Waals surface area contributed by atoms with Crippen molar-refractivity contribution in [3.63, 3.8) is 0 Å². The zero-order valence-corrected chi connectivity index (χ0v) is 31.4. The van der Waals surface area contributed by atoms with Crippen LogP contribution in [0.2, 0.25) is 0 Å². The average molecular weight is 739 g/mol. The summed E-state index contributed by atoms with van der Waals surface area (Å²) in [7, 11) is 0. The Labute approximate surface area is 334 Å². The van der Waals surface area contributed by atoms with Crippen molar-refractivity contribution in [1.82, 2.24) is 19.1 Å². The summed E-state index contributed by atoms with van der Waals surface area (Å²) in [5.74, 6) is 0.810. The fourth-order valence-electron chi connectivity index (χ4n) is 9.02. The van der Waals surface area contributed by atoms with Crippen LogP contribution in [-0.4, -0.2) is 19.1 Å². The van der Waals surface area contributed by atoms with Crippen molar-refractivity contribution in [2.24, 2.45) is 0 Å². The largest absolute Gasteiger partial charge is 0.309 e. The predicted molar refractivity (Wildman–Crippen MR) is 242 cm³/mol. The minimum Gasteiger partial charge on any atom is -0.309 e. The highest BCUT2D eigenvalue weighted by molar-refractivity contribution is 6.22. The van der Waals surface area contributed by atoms with Gasteiger partial charge in [-0.15, -0.1) is 0 Å². The van der Waals surface area contributed by atoms with Crippen LogP contribution in [0.3, 0.4) is 0 Å². The normalized spacial score (nSPS) is 11.8. The monoisotopic (exact) mass is 738 g/mol. The smallest absolute Gasteiger partial charge is 0.165 e. The standard InChI is InChI=1S/C54H34N4/c1-3-14-35(15-4-1)37-17-13-18-40(32-37)53-54(56-47-24-11-10-23-46(47)55-53)58-48-25-12-9-22-43(48)44-33-38(27-29-49(44)58)39-28-30-50-45(34-39)52-42-21-8-7-16-36(42)26-31-51(52)57(50)41-19-5-2-6-20-41/h1-34H. The quantitative estimate of drug-likeness (QED) is 0.176. The van der Waals surface area contributed by atoms with E-state index in [1.165, 1.54) is 60.0 Å². The number of hydrogen-bond donors (Lipinski definition) is 0. The van der Waals surface area contributed by atoms with E-state index in [4.69, 9.17) is 9.97 Å². The number of rotatable bonds is 5. The molecule has 0 N–H and O–H groups in total. The molecule has 0 aliphatic heterocycles. The molecule has 0 radical (unpaired) electrons. The van der Waals surface area contributed by atoms with E-state index in [1.807, 2.05) is 18.2 Å². The lowest BCUT2D eigenvalue weighted by Crippen LogP contribution is -2.03. The summed E-state index contributed by atoms with van der Waals surface area (Å²) in [6, 6.07) is 73.8. The van der Waals surface area contributed by atoms with Gasteiger partial charge in [-0.05, 0) is 99.8 Å². The molecule has 0 aliphatic carbocycles. The lowest BCUT2D eigenvalue weighted by atomic mass is 9.99. The third kappa shape index (κ3) is 5.02. The Hall–Kier alpha value is -7.82. The second-order valence-electron chi connectivity index (χ2n) is 15.0. The van der Waals surface area contributed by atoms with Gasteiger partial charge < -0.3 is 4.57 Å². The van der Waals surface area contributed by atoms with Crippen LogP contribution in [0.15, 0.2) is 206 Å². The van der Waals surface area contributed by atoms with Gasteiger partial charge in [-0.1, -0.05) is 140 Å². The van der Waals surface area contributed by atoms with Gasteiger partial charge in [-0.2, -0.15) is 0 Å². The molecule has 0 aliphatic rings. The van der Waals surface area contributed by atoms with Crippen LogP contribution in [-0.2, 0) is 0 Å². The Morgan fingerprint density at radius 3 is 1.69 bits per heavy atom. The van der Waals surface area contributed by atoms with E-state index in [1.54, 1.807) is 0 Å². The highest BCUT2D eigenvalue weighted by Crippen LogP contribution is 2.41. The number of fused-ring (bicyclic) bond motifs is 9.